The highest BCUT2D eigenvalue weighted by Gasteiger charge is 2.20. The van der Waals surface area contributed by atoms with Crippen molar-refractivity contribution in [1.29, 1.82) is 0 Å². The standard InChI is InChI=1S/C13H16O4S/c1-4-11(13(14)17-3)9-18(15,16)12-7-5-10(2)6-8-12/h4-8H,9H2,1-3H3/b11-4-. The van der Waals surface area contributed by atoms with Gasteiger partial charge in [0.15, 0.2) is 9.84 Å². The van der Waals surface area contributed by atoms with Crippen molar-refractivity contribution in [2.75, 3.05) is 12.9 Å². The number of hydrogen-bond acceptors (Lipinski definition) is 4. The van der Waals surface area contributed by atoms with Crippen molar-refractivity contribution in [2.45, 2.75) is 18.7 Å². The molecule has 0 unspecified atom stereocenters. The van der Waals surface area contributed by atoms with E-state index >= 15 is 0 Å². The van der Waals surface area contributed by atoms with Gasteiger partial charge >= 0.3 is 5.97 Å². The molecule has 0 aromatic heterocycles. The monoisotopic (exact) mass is 268 g/mol. The number of rotatable bonds is 4. The van der Waals surface area contributed by atoms with Gasteiger partial charge in [-0.05, 0) is 26.0 Å². The van der Waals surface area contributed by atoms with Crippen molar-refractivity contribution in [2.24, 2.45) is 0 Å². The van der Waals surface area contributed by atoms with E-state index in [9.17, 15) is 13.2 Å². The van der Waals surface area contributed by atoms with E-state index in [1.165, 1.54) is 25.3 Å². The molecule has 4 nitrogen and oxygen atoms in total. The zero-order chi connectivity index (χ0) is 13.8. The highest BCUT2D eigenvalue weighted by Crippen LogP contribution is 2.15. The van der Waals surface area contributed by atoms with Gasteiger partial charge in [0.05, 0.1) is 17.8 Å². The molecule has 1 aromatic carbocycles. The summed E-state index contributed by atoms with van der Waals surface area (Å²) >= 11 is 0. The van der Waals surface area contributed by atoms with Gasteiger partial charge in [0, 0.05) is 5.57 Å². The number of sulfone groups is 1. The minimum absolute atomic E-state index is 0.137. The van der Waals surface area contributed by atoms with E-state index in [0.717, 1.165) is 5.56 Å². The Morgan fingerprint density at radius 3 is 2.28 bits per heavy atom. The van der Waals surface area contributed by atoms with E-state index < -0.39 is 15.8 Å². The molecule has 5 heteroatoms. The molecule has 0 N–H and O–H groups in total. The summed E-state index contributed by atoms with van der Waals surface area (Å²) in [6, 6.07) is 6.52. The van der Waals surface area contributed by atoms with Crippen molar-refractivity contribution >= 4 is 15.8 Å². The number of carbonyl (C=O) groups is 1. The Hall–Kier alpha value is -1.62. The van der Waals surface area contributed by atoms with Crippen molar-refractivity contribution in [1.82, 2.24) is 0 Å². The molecule has 18 heavy (non-hydrogen) atoms. The Balaban J connectivity index is 3.02. The first-order chi connectivity index (χ1) is 8.40. The largest absolute Gasteiger partial charge is 0.466 e. The maximum Gasteiger partial charge on any atom is 0.334 e. The highest BCUT2D eigenvalue weighted by molar-refractivity contribution is 7.91. The second-order valence-electron chi connectivity index (χ2n) is 3.88. The molecule has 0 spiro atoms. The van der Waals surface area contributed by atoms with Crippen molar-refractivity contribution in [3.8, 4) is 0 Å². The van der Waals surface area contributed by atoms with Crippen LogP contribution < -0.4 is 0 Å². The fourth-order valence-electron chi connectivity index (χ4n) is 1.42. The maximum absolute atomic E-state index is 12.1. The SMILES string of the molecule is C/C=C(/CS(=O)(=O)c1ccc(C)cc1)C(=O)OC. The van der Waals surface area contributed by atoms with Crippen LogP contribution in [0.3, 0.4) is 0 Å². The molecule has 0 radical (unpaired) electrons. The van der Waals surface area contributed by atoms with Crippen LogP contribution in [0.4, 0.5) is 0 Å². The Kier molecular flexibility index (Phi) is 4.67. The quantitative estimate of drug-likeness (QED) is 0.618. The number of allylic oxidation sites excluding steroid dienone is 1. The topological polar surface area (TPSA) is 60.4 Å². The minimum Gasteiger partial charge on any atom is -0.466 e. The van der Waals surface area contributed by atoms with Gasteiger partial charge in [-0.1, -0.05) is 23.8 Å². The molecule has 0 atom stereocenters. The van der Waals surface area contributed by atoms with Gasteiger partial charge in [0.2, 0.25) is 0 Å². The molecule has 0 amide bonds. The van der Waals surface area contributed by atoms with Gasteiger partial charge in [0.1, 0.15) is 0 Å². The molecule has 1 rings (SSSR count). The predicted molar refractivity (Wildman–Crippen MR) is 69.0 cm³/mol. The Morgan fingerprint density at radius 2 is 1.83 bits per heavy atom. The average Bonchev–Trinajstić information content (AvgIpc) is 2.35. The summed E-state index contributed by atoms with van der Waals surface area (Å²) in [5.74, 6) is -0.965. The smallest absolute Gasteiger partial charge is 0.334 e. The zero-order valence-electron chi connectivity index (χ0n) is 10.6. The van der Waals surface area contributed by atoms with E-state index in [2.05, 4.69) is 4.74 Å². The van der Waals surface area contributed by atoms with Crippen LogP contribution in [0.2, 0.25) is 0 Å². The van der Waals surface area contributed by atoms with Gasteiger partial charge in [-0.2, -0.15) is 0 Å². The molecular formula is C13H16O4S. The van der Waals surface area contributed by atoms with E-state index in [-0.39, 0.29) is 16.2 Å². The van der Waals surface area contributed by atoms with Crippen LogP contribution in [0.15, 0.2) is 40.8 Å². The van der Waals surface area contributed by atoms with Crippen LogP contribution in [0.1, 0.15) is 12.5 Å². The number of ether oxygens (including phenoxy) is 1. The molecule has 0 heterocycles. The zero-order valence-corrected chi connectivity index (χ0v) is 11.5. The molecule has 0 bridgehead atoms. The Labute approximate surface area is 107 Å². The summed E-state index contributed by atoms with van der Waals surface area (Å²) < 4.78 is 28.7. The molecule has 0 fully saturated rings. The second kappa shape index (κ2) is 5.82. The van der Waals surface area contributed by atoms with Crippen molar-refractivity contribution in [3.63, 3.8) is 0 Å². The van der Waals surface area contributed by atoms with Gasteiger partial charge in [-0.25, -0.2) is 13.2 Å². The summed E-state index contributed by atoms with van der Waals surface area (Å²) in [6.07, 6.45) is 1.46. The summed E-state index contributed by atoms with van der Waals surface area (Å²) in [4.78, 5) is 11.6. The van der Waals surface area contributed by atoms with Crippen LogP contribution in [0.25, 0.3) is 0 Å². The first-order valence-electron chi connectivity index (χ1n) is 5.43. The molecule has 0 aliphatic carbocycles. The summed E-state index contributed by atoms with van der Waals surface area (Å²) in [5, 5.41) is 0. The number of carbonyl (C=O) groups excluding carboxylic acids is 1. The van der Waals surface area contributed by atoms with Gasteiger partial charge < -0.3 is 4.74 Å². The first kappa shape index (κ1) is 14.4. The van der Waals surface area contributed by atoms with Crippen LogP contribution in [-0.2, 0) is 19.4 Å². The highest BCUT2D eigenvalue weighted by atomic mass is 32.2. The molecule has 0 aliphatic rings. The van der Waals surface area contributed by atoms with Crippen LogP contribution in [0, 0.1) is 6.92 Å². The lowest BCUT2D eigenvalue weighted by molar-refractivity contribution is -0.136. The summed E-state index contributed by atoms with van der Waals surface area (Å²) in [7, 11) is -2.29. The van der Waals surface area contributed by atoms with E-state index in [1.54, 1.807) is 19.1 Å². The van der Waals surface area contributed by atoms with Gasteiger partial charge in [-0.3, -0.25) is 0 Å². The third kappa shape index (κ3) is 3.43. The van der Waals surface area contributed by atoms with Gasteiger partial charge in [0.25, 0.3) is 0 Å². The Bertz CT molecular complexity index is 553. The molecule has 0 saturated carbocycles. The number of hydrogen-bond donors (Lipinski definition) is 0. The number of benzene rings is 1. The number of aryl methyl sites for hydroxylation is 1. The predicted octanol–water partition coefficient (Wildman–Crippen LogP) is 1.89. The third-order valence-electron chi connectivity index (χ3n) is 2.52. The second-order valence-corrected chi connectivity index (χ2v) is 5.87. The fourth-order valence-corrected chi connectivity index (χ4v) is 2.84. The lowest BCUT2D eigenvalue weighted by Gasteiger charge is -2.07. The summed E-state index contributed by atoms with van der Waals surface area (Å²) in [5.41, 5.74) is 1.12. The molecule has 98 valence electrons. The summed E-state index contributed by atoms with van der Waals surface area (Å²) in [6.45, 7) is 3.49. The number of methoxy groups -OCH3 is 1. The maximum atomic E-state index is 12.1. The third-order valence-corrected chi connectivity index (χ3v) is 4.20. The normalized spacial score (nSPS) is 12.3. The van der Waals surface area contributed by atoms with Crippen LogP contribution in [-0.4, -0.2) is 27.2 Å². The molecule has 0 saturated heterocycles. The molecule has 1 aromatic rings. The average molecular weight is 268 g/mol. The Morgan fingerprint density at radius 1 is 1.28 bits per heavy atom. The fraction of sp³-hybridized carbons (Fsp3) is 0.308. The molecular weight excluding hydrogens is 252 g/mol. The van der Waals surface area contributed by atoms with E-state index in [0.29, 0.717) is 0 Å². The van der Waals surface area contributed by atoms with Gasteiger partial charge in [-0.15, -0.1) is 0 Å². The van der Waals surface area contributed by atoms with E-state index in [1.807, 2.05) is 6.92 Å². The lowest BCUT2D eigenvalue weighted by Crippen LogP contribution is -2.16. The lowest BCUT2D eigenvalue weighted by atomic mass is 10.2. The van der Waals surface area contributed by atoms with Crippen molar-refractivity contribution < 1.29 is 17.9 Å². The molecule has 0 aliphatic heterocycles. The van der Waals surface area contributed by atoms with Crippen LogP contribution in [0.5, 0.6) is 0 Å². The minimum atomic E-state index is -3.51. The number of esters is 1. The van der Waals surface area contributed by atoms with Crippen LogP contribution >= 0.6 is 0 Å². The first-order valence-corrected chi connectivity index (χ1v) is 7.09. The van der Waals surface area contributed by atoms with Crippen molar-refractivity contribution in [3.05, 3.63) is 41.5 Å². The van der Waals surface area contributed by atoms with E-state index in [4.69, 9.17) is 0 Å².